The third kappa shape index (κ3) is 6.43. The predicted octanol–water partition coefficient (Wildman–Crippen LogP) is 3.32. The maximum atomic E-state index is 12.8. The summed E-state index contributed by atoms with van der Waals surface area (Å²) >= 11 is 0. The molecule has 0 amide bonds. The van der Waals surface area contributed by atoms with E-state index in [4.69, 9.17) is 4.74 Å². The van der Waals surface area contributed by atoms with Crippen molar-refractivity contribution in [2.45, 2.75) is 13.1 Å². The van der Waals surface area contributed by atoms with Gasteiger partial charge in [-0.3, -0.25) is 4.99 Å². The van der Waals surface area contributed by atoms with Gasteiger partial charge in [-0.15, -0.1) is 24.0 Å². The number of guanidine groups is 1. The molecule has 6 heteroatoms. The summed E-state index contributed by atoms with van der Waals surface area (Å²) in [6, 6.07) is 14.2. The second kappa shape index (κ2) is 10.0. The summed E-state index contributed by atoms with van der Waals surface area (Å²) in [5.41, 5.74) is 2.12. The molecule has 0 aromatic heterocycles. The minimum Gasteiger partial charge on any atom is -0.497 e. The number of nitrogens with zero attached hydrogens (tertiary/aromatic N) is 1. The first-order valence-corrected chi connectivity index (χ1v) is 7.03. The Bertz CT molecular complexity index is 615. The lowest BCUT2D eigenvalue weighted by atomic mass is 10.2. The highest BCUT2D eigenvalue weighted by Crippen LogP contribution is 2.10. The van der Waals surface area contributed by atoms with Gasteiger partial charge in [0.15, 0.2) is 5.96 Å². The first kappa shape index (κ1) is 19.2. The van der Waals surface area contributed by atoms with Crippen molar-refractivity contribution in [3.63, 3.8) is 0 Å². The number of halogens is 2. The maximum absolute atomic E-state index is 12.8. The summed E-state index contributed by atoms with van der Waals surface area (Å²) in [5, 5.41) is 6.42. The van der Waals surface area contributed by atoms with Crippen molar-refractivity contribution in [3.8, 4) is 5.75 Å². The number of aliphatic imine (C=N–C) groups is 1. The van der Waals surface area contributed by atoms with E-state index in [2.05, 4.69) is 15.6 Å². The standard InChI is InChI=1S/C17H20FN3O.HI/c1-19-17(20-11-13-3-7-15(18)8-4-13)21-12-14-5-9-16(22-2)10-6-14;/h3-10H,11-12H2,1-2H3,(H2,19,20,21);1H. The van der Waals surface area contributed by atoms with E-state index < -0.39 is 0 Å². The molecule has 2 aromatic carbocycles. The number of benzene rings is 2. The number of rotatable bonds is 5. The monoisotopic (exact) mass is 429 g/mol. The fourth-order valence-corrected chi connectivity index (χ4v) is 1.94. The molecule has 0 heterocycles. The Hall–Kier alpha value is -1.83. The largest absolute Gasteiger partial charge is 0.497 e. The summed E-state index contributed by atoms with van der Waals surface area (Å²) in [6.45, 7) is 1.25. The maximum Gasteiger partial charge on any atom is 0.191 e. The third-order valence-electron chi connectivity index (χ3n) is 3.22. The predicted molar refractivity (Wildman–Crippen MR) is 102 cm³/mol. The van der Waals surface area contributed by atoms with Gasteiger partial charge < -0.3 is 15.4 Å². The van der Waals surface area contributed by atoms with Crippen LogP contribution in [-0.4, -0.2) is 20.1 Å². The first-order chi connectivity index (χ1) is 10.7. The summed E-state index contributed by atoms with van der Waals surface area (Å²) < 4.78 is 18.0. The van der Waals surface area contributed by atoms with Gasteiger partial charge in [-0.2, -0.15) is 0 Å². The molecule has 0 spiro atoms. The van der Waals surface area contributed by atoms with Crippen molar-refractivity contribution < 1.29 is 9.13 Å². The summed E-state index contributed by atoms with van der Waals surface area (Å²) in [4.78, 5) is 4.17. The van der Waals surface area contributed by atoms with Crippen LogP contribution in [0.25, 0.3) is 0 Å². The zero-order chi connectivity index (χ0) is 15.8. The fourth-order valence-electron chi connectivity index (χ4n) is 1.94. The second-order valence-electron chi connectivity index (χ2n) is 4.75. The lowest BCUT2D eigenvalue weighted by Gasteiger charge is -2.12. The molecule has 2 aromatic rings. The molecule has 0 saturated heterocycles. The van der Waals surface area contributed by atoms with Gasteiger partial charge in [0, 0.05) is 20.1 Å². The lowest BCUT2D eigenvalue weighted by molar-refractivity contribution is 0.414. The molecule has 0 unspecified atom stereocenters. The molecule has 0 radical (unpaired) electrons. The van der Waals surface area contributed by atoms with Crippen molar-refractivity contribution in [2.75, 3.05) is 14.2 Å². The van der Waals surface area contributed by atoms with E-state index in [1.807, 2.05) is 24.3 Å². The normalized spacial score (nSPS) is 10.7. The molecule has 4 nitrogen and oxygen atoms in total. The second-order valence-corrected chi connectivity index (χ2v) is 4.75. The Labute approximate surface area is 153 Å². The number of hydrogen-bond donors (Lipinski definition) is 2. The average molecular weight is 429 g/mol. The molecule has 0 atom stereocenters. The lowest BCUT2D eigenvalue weighted by Crippen LogP contribution is -2.36. The van der Waals surface area contributed by atoms with Gasteiger partial charge in [0.2, 0.25) is 0 Å². The molecule has 0 aliphatic carbocycles. The van der Waals surface area contributed by atoms with E-state index in [1.54, 1.807) is 26.3 Å². The van der Waals surface area contributed by atoms with Gasteiger partial charge in [-0.25, -0.2) is 4.39 Å². The van der Waals surface area contributed by atoms with Crippen LogP contribution in [0.15, 0.2) is 53.5 Å². The van der Waals surface area contributed by atoms with Crippen LogP contribution in [0.2, 0.25) is 0 Å². The van der Waals surface area contributed by atoms with Crippen LogP contribution in [0.1, 0.15) is 11.1 Å². The number of hydrogen-bond acceptors (Lipinski definition) is 2. The Morgan fingerprint density at radius 1 is 0.957 bits per heavy atom. The minimum absolute atomic E-state index is 0. The Morgan fingerprint density at radius 2 is 1.43 bits per heavy atom. The summed E-state index contributed by atoms with van der Waals surface area (Å²) in [7, 11) is 3.36. The molecule has 0 bridgehead atoms. The molecule has 23 heavy (non-hydrogen) atoms. The molecule has 0 saturated carbocycles. The average Bonchev–Trinajstić information content (AvgIpc) is 2.57. The quantitative estimate of drug-likeness (QED) is 0.436. The third-order valence-corrected chi connectivity index (χ3v) is 3.22. The van der Waals surface area contributed by atoms with Crippen LogP contribution in [0.5, 0.6) is 5.75 Å². The molecule has 0 fully saturated rings. The first-order valence-electron chi connectivity index (χ1n) is 7.03. The van der Waals surface area contributed by atoms with E-state index in [0.29, 0.717) is 19.0 Å². The number of ether oxygens (including phenoxy) is 1. The minimum atomic E-state index is -0.231. The van der Waals surface area contributed by atoms with Crippen LogP contribution < -0.4 is 15.4 Å². The van der Waals surface area contributed by atoms with Crippen molar-refractivity contribution in [1.29, 1.82) is 0 Å². The molecule has 2 rings (SSSR count). The van der Waals surface area contributed by atoms with Gasteiger partial charge in [-0.1, -0.05) is 24.3 Å². The Kier molecular flexibility index (Phi) is 8.39. The number of nitrogens with one attached hydrogen (secondary N) is 2. The molecule has 0 aliphatic heterocycles. The topological polar surface area (TPSA) is 45.7 Å². The summed E-state index contributed by atoms with van der Waals surface area (Å²) in [5.74, 6) is 1.30. The van der Waals surface area contributed by atoms with Crippen LogP contribution >= 0.6 is 24.0 Å². The van der Waals surface area contributed by atoms with Crippen LogP contribution in [0.3, 0.4) is 0 Å². The summed E-state index contributed by atoms with van der Waals surface area (Å²) in [6.07, 6.45) is 0. The molecule has 124 valence electrons. The SMILES string of the molecule is CN=C(NCc1ccc(F)cc1)NCc1ccc(OC)cc1.I. The van der Waals surface area contributed by atoms with Gasteiger partial charge >= 0.3 is 0 Å². The fraction of sp³-hybridized carbons (Fsp3) is 0.235. The molecular weight excluding hydrogens is 408 g/mol. The Morgan fingerprint density at radius 3 is 1.87 bits per heavy atom. The van der Waals surface area contributed by atoms with E-state index >= 15 is 0 Å². The zero-order valence-electron chi connectivity index (χ0n) is 13.2. The Balaban J connectivity index is 0.00000264. The van der Waals surface area contributed by atoms with E-state index in [1.165, 1.54) is 12.1 Å². The zero-order valence-corrected chi connectivity index (χ0v) is 15.5. The highest BCUT2D eigenvalue weighted by Gasteiger charge is 2.00. The molecule has 0 aliphatic rings. The number of methoxy groups -OCH3 is 1. The van der Waals surface area contributed by atoms with Gasteiger partial charge in [0.1, 0.15) is 11.6 Å². The van der Waals surface area contributed by atoms with Gasteiger partial charge in [0.05, 0.1) is 7.11 Å². The van der Waals surface area contributed by atoms with Gasteiger partial charge in [-0.05, 0) is 35.4 Å². The van der Waals surface area contributed by atoms with Crippen LogP contribution in [0, 0.1) is 5.82 Å². The van der Waals surface area contributed by atoms with Gasteiger partial charge in [0.25, 0.3) is 0 Å². The van der Waals surface area contributed by atoms with Crippen LogP contribution in [-0.2, 0) is 13.1 Å². The highest BCUT2D eigenvalue weighted by molar-refractivity contribution is 14.0. The van der Waals surface area contributed by atoms with Crippen molar-refractivity contribution >= 4 is 29.9 Å². The van der Waals surface area contributed by atoms with Crippen molar-refractivity contribution in [2.24, 2.45) is 4.99 Å². The smallest absolute Gasteiger partial charge is 0.191 e. The van der Waals surface area contributed by atoms with E-state index in [0.717, 1.165) is 16.9 Å². The molecular formula is C17H21FIN3O. The van der Waals surface area contributed by atoms with Crippen molar-refractivity contribution in [1.82, 2.24) is 10.6 Å². The van der Waals surface area contributed by atoms with E-state index in [-0.39, 0.29) is 29.8 Å². The van der Waals surface area contributed by atoms with E-state index in [9.17, 15) is 4.39 Å². The highest BCUT2D eigenvalue weighted by atomic mass is 127. The molecule has 2 N–H and O–H groups in total. The van der Waals surface area contributed by atoms with Crippen molar-refractivity contribution in [3.05, 3.63) is 65.5 Å². The van der Waals surface area contributed by atoms with Crippen LogP contribution in [0.4, 0.5) is 4.39 Å².